The summed E-state index contributed by atoms with van der Waals surface area (Å²) < 4.78 is 12.8. The number of hydrogen-bond donors (Lipinski definition) is 0. The van der Waals surface area contributed by atoms with Gasteiger partial charge in [0, 0.05) is 66.8 Å². The Hall–Kier alpha value is -14.1. The van der Waals surface area contributed by atoms with Crippen molar-refractivity contribution < 1.29 is 8.83 Å². The average molecular weight is 1380 g/mol. The maximum absolute atomic E-state index is 6.41. The number of aryl methyl sites for hydroxylation is 2. The first kappa shape index (κ1) is 65.9. The molecule has 2 heterocycles. The van der Waals surface area contributed by atoms with Crippen molar-refractivity contribution in [1.29, 1.82) is 0 Å². The van der Waals surface area contributed by atoms with E-state index < -0.39 is 0 Å². The highest BCUT2D eigenvalue weighted by atomic mass is 16.3. The molecule has 108 heavy (non-hydrogen) atoms. The fraction of sp³-hybridized carbons (Fsp3) is 0.0192. The number of rotatable bonds is 15. The highest BCUT2D eigenvalue weighted by Gasteiger charge is 2.20. The Labute approximate surface area is 630 Å². The van der Waals surface area contributed by atoms with Crippen LogP contribution in [0.3, 0.4) is 0 Å². The smallest absolute Gasteiger partial charge is 0.143 e. The third-order valence-corrected chi connectivity index (χ3v) is 20.8. The van der Waals surface area contributed by atoms with Gasteiger partial charge in [0.2, 0.25) is 0 Å². The molecule has 0 bridgehead atoms. The summed E-state index contributed by atoms with van der Waals surface area (Å²) in [5.74, 6) is 0. The maximum atomic E-state index is 6.41. The SMILES string of the molecule is Cc1ccc(-c2ccc(N(c3ccc(-c4cc(-c5ccccc5)cc(-c5ccccc5)c4)cc3)c3ccc(-c4cccc5c4oc4ccccc45)cc3)cc2)cc1.Cc1ccc(-c2ccc(N(c3ccc(-c4ccc(-c5ccccc5)cc4)cc3)c3ccc(-c4cccc5c4oc4ccccc45)cc3)cc2)cc1. The van der Waals surface area contributed by atoms with E-state index in [9.17, 15) is 0 Å². The second-order valence-corrected chi connectivity index (χ2v) is 27.7. The Kier molecular flexibility index (Phi) is 17.8. The van der Waals surface area contributed by atoms with E-state index in [4.69, 9.17) is 8.83 Å². The van der Waals surface area contributed by atoms with Crippen LogP contribution in [-0.4, -0.2) is 0 Å². The molecular formula is C104H74N2O2. The van der Waals surface area contributed by atoms with Gasteiger partial charge in [-0.2, -0.15) is 0 Å². The molecule has 4 heteroatoms. The van der Waals surface area contributed by atoms with Crippen LogP contribution in [-0.2, 0) is 0 Å². The van der Waals surface area contributed by atoms with Gasteiger partial charge in [0.15, 0.2) is 0 Å². The normalized spacial score (nSPS) is 11.2. The summed E-state index contributed by atoms with van der Waals surface area (Å²) in [7, 11) is 0. The van der Waals surface area contributed by atoms with Crippen LogP contribution in [0.1, 0.15) is 11.1 Å². The monoisotopic (exact) mass is 1380 g/mol. The first-order valence-corrected chi connectivity index (χ1v) is 36.9. The lowest BCUT2D eigenvalue weighted by Gasteiger charge is -2.26. The van der Waals surface area contributed by atoms with Gasteiger partial charge < -0.3 is 18.6 Å². The van der Waals surface area contributed by atoms with Gasteiger partial charge in [-0.05, 0) is 206 Å². The van der Waals surface area contributed by atoms with E-state index in [1.54, 1.807) is 0 Å². The van der Waals surface area contributed by atoms with Crippen LogP contribution in [0.4, 0.5) is 34.1 Å². The van der Waals surface area contributed by atoms with E-state index in [2.05, 4.69) is 412 Å². The van der Waals surface area contributed by atoms with Crippen LogP contribution in [0, 0.1) is 13.8 Å². The molecule has 0 N–H and O–H groups in total. The van der Waals surface area contributed by atoms with E-state index in [1.165, 1.54) is 83.5 Å². The van der Waals surface area contributed by atoms with E-state index in [0.717, 1.165) is 106 Å². The van der Waals surface area contributed by atoms with Crippen LogP contribution in [0.5, 0.6) is 0 Å². The van der Waals surface area contributed by atoms with Crippen LogP contribution in [0.15, 0.2) is 421 Å². The standard InChI is InChI=1S/C55H39NO.C49H35NO/c1-38-19-21-41(22-20-38)42-23-29-48(30-24-42)56(50-33-27-44(28-34-50)51-16-10-17-53-52-15-8-9-18-54(52)57-55(51)53)49-31-25-43(26-32-49)47-36-45(39-11-4-2-5-12-39)35-46(37-47)40-13-6-3-7-14-40;1-34-14-16-36(17-15-34)39-22-28-42(29-23-39)50(43-30-24-40(25-31-43)38-20-18-37(19-21-38)35-8-3-2-4-9-35)44-32-26-41(27-33-44)45-11-7-12-47-46-10-5-6-13-48(46)51-49(45)47/h2-37H,1H3;2-33H,1H3. The number of furan rings is 2. The fourth-order valence-corrected chi connectivity index (χ4v) is 15.0. The zero-order chi connectivity index (χ0) is 72.3. The Bertz CT molecular complexity index is 6270. The maximum Gasteiger partial charge on any atom is 0.143 e. The topological polar surface area (TPSA) is 32.8 Å². The van der Waals surface area contributed by atoms with Crippen LogP contribution >= 0.6 is 0 Å². The van der Waals surface area contributed by atoms with Crippen molar-refractivity contribution in [2.24, 2.45) is 0 Å². The summed E-state index contributed by atoms with van der Waals surface area (Å²) >= 11 is 0. The molecule has 0 atom stereocenters. The number of fused-ring (bicyclic) bond motifs is 6. The van der Waals surface area contributed by atoms with Gasteiger partial charge in [-0.15, -0.1) is 0 Å². The van der Waals surface area contributed by atoms with Gasteiger partial charge >= 0.3 is 0 Å². The molecule has 0 amide bonds. The van der Waals surface area contributed by atoms with Crippen molar-refractivity contribution >= 4 is 78.0 Å². The molecule has 4 nitrogen and oxygen atoms in total. The molecule has 0 unspecified atom stereocenters. The number of benzene rings is 17. The van der Waals surface area contributed by atoms with E-state index in [-0.39, 0.29) is 0 Å². The number of anilines is 6. The molecule has 0 aliphatic heterocycles. The van der Waals surface area contributed by atoms with Crippen molar-refractivity contribution in [3.05, 3.63) is 424 Å². The van der Waals surface area contributed by atoms with Crippen LogP contribution in [0.25, 0.3) is 144 Å². The van der Waals surface area contributed by atoms with Crippen molar-refractivity contribution in [1.82, 2.24) is 0 Å². The van der Waals surface area contributed by atoms with Gasteiger partial charge in [0.05, 0.1) is 0 Å². The molecule has 0 saturated heterocycles. The summed E-state index contributed by atoms with van der Waals surface area (Å²) in [6, 6.07) is 148. The molecule has 512 valence electrons. The minimum Gasteiger partial charge on any atom is -0.455 e. The van der Waals surface area contributed by atoms with E-state index in [1.807, 2.05) is 24.3 Å². The third-order valence-electron chi connectivity index (χ3n) is 20.8. The van der Waals surface area contributed by atoms with E-state index >= 15 is 0 Å². The largest absolute Gasteiger partial charge is 0.455 e. The summed E-state index contributed by atoms with van der Waals surface area (Å²) in [4.78, 5) is 4.66. The number of hydrogen-bond acceptors (Lipinski definition) is 4. The number of nitrogens with zero attached hydrogens (tertiary/aromatic N) is 2. The fourth-order valence-electron chi connectivity index (χ4n) is 15.0. The van der Waals surface area contributed by atoms with Gasteiger partial charge in [-0.3, -0.25) is 0 Å². The predicted molar refractivity (Wildman–Crippen MR) is 455 cm³/mol. The summed E-state index contributed by atoms with van der Waals surface area (Å²) in [6.45, 7) is 4.25. The van der Waals surface area contributed by atoms with Crippen LogP contribution in [0.2, 0.25) is 0 Å². The molecule has 0 radical (unpaired) electrons. The van der Waals surface area contributed by atoms with E-state index in [0.29, 0.717) is 0 Å². The van der Waals surface area contributed by atoms with Crippen molar-refractivity contribution in [3.63, 3.8) is 0 Å². The van der Waals surface area contributed by atoms with Gasteiger partial charge in [0.1, 0.15) is 22.3 Å². The van der Waals surface area contributed by atoms with Gasteiger partial charge in [0.25, 0.3) is 0 Å². The minimum absolute atomic E-state index is 0.906. The molecule has 0 aliphatic rings. The van der Waals surface area contributed by atoms with Crippen molar-refractivity contribution in [2.75, 3.05) is 9.80 Å². The predicted octanol–water partition coefficient (Wildman–Crippen LogP) is 29.7. The Morgan fingerprint density at radius 3 is 0.676 bits per heavy atom. The molecule has 17 aromatic carbocycles. The summed E-state index contributed by atoms with van der Waals surface area (Å²) in [5, 5.41) is 4.55. The molecule has 19 rings (SSSR count). The van der Waals surface area contributed by atoms with Crippen molar-refractivity contribution in [2.45, 2.75) is 13.8 Å². The minimum atomic E-state index is 0.906. The quantitative estimate of drug-likeness (QED) is 0.102. The molecule has 0 aliphatic carbocycles. The zero-order valence-electron chi connectivity index (χ0n) is 60.0. The second kappa shape index (κ2) is 29.2. The van der Waals surface area contributed by atoms with Gasteiger partial charge in [-0.25, -0.2) is 0 Å². The summed E-state index contributed by atoms with van der Waals surface area (Å²) in [5.41, 5.74) is 33.9. The third kappa shape index (κ3) is 13.4. The molecule has 19 aromatic rings. The van der Waals surface area contributed by atoms with Gasteiger partial charge in [-0.1, -0.05) is 321 Å². The molecule has 0 fully saturated rings. The average Bonchev–Trinajstić information content (AvgIpc) is 1.62. The second-order valence-electron chi connectivity index (χ2n) is 27.7. The highest BCUT2D eigenvalue weighted by molar-refractivity contribution is 6.11. The number of para-hydroxylation sites is 4. The molecule has 0 saturated carbocycles. The Balaban J connectivity index is 0.000000153. The lowest BCUT2D eigenvalue weighted by atomic mass is 9.93. The van der Waals surface area contributed by atoms with Crippen LogP contribution < -0.4 is 9.80 Å². The van der Waals surface area contributed by atoms with Crippen molar-refractivity contribution in [3.8, 4) is 100 Å². The Morgan fingerprint density at radius 2 is 0.380 bits per heavy atom. The summed E-state index contributed by atoms with van der Waals surface area (Å²) in [6.07, 6.45) is 0. The molecule has 2 aromatic heterocycles. The first-order chi connectivity index (χ1) is 53.3. The zero-order valence-corrected chi connectivity index (χ0v) is 60.0. The Morgan fingerprint density at radius 1 is 0.167 bits per heavy atom. The highest BCUT2D eigenvalue weighted by Crippen LogP contribution is 2.44. The lowest BCUT2D eigenvalue weighted by Crippen LogP contribution is -2.09. The molecule has 0 spiro atoms. The lowest BCUT2D eigenvalue weighted by molar-refractivity contribution is 0.669. The molecular weight excluding hydrogens is 1310 g/mol. The first-order valence-electron chi connectivity index (χ1n) is 36.9.